The molecule has 0 aliphatic heterocycles. The van der Waals surface area contributed by atoms with Crippen LogP contribution < -0.4 is 17.0 Å². The molecule has 1 heterocycles. The number of benzene rings is 1. The lowest BCUT2D eigenvalue weighted by Crippen LogP contribution is -2.30. The third-order valence-electron chi connectivity index (χ3n) is 3.05. The Hall–Kier alpha value is -1.63. The number of nitrogen functional groups attached to an aromatic ring is 1. The van der Waals surface area contributed by atoms with Crippen molar-refractivity contribution >= 4 is 17.4 Å². The first-order valence-electron chi connectivity index (χ1n) is 5.71. The second-order valence-electron chi connectivity index (χ2n) is 4.25. The molecule has 102 valence electrons. The number of hydrogen-bond donors (Lipinski definition) is 3. The van der Waals surface area contributed by atoms with Crippen LogP contribution in [-0.2, 0) is 13.5 Å². The number of nitrogens with two attached hydrogens (primary N) is 2. The Morgan fingerprint density at radius 2 is 2.26 bits per heavy atom. The summed E-state index contributed by atoms with van der Waals surface area (Å²) in [5.41, 5.74) is 9.97. The summed E-state index contributed by atoms with van der Waals surface area (Å²) >= 11 is 5.93. The highest BCUT2D eigenvalue weighted by molar-refractivity contribution is 6.31. The Morgan fingerprint density at radius 1 is 1.53 bits per heavy atom. The zero-order chi connectivity index (χ0) is 14.0. The van der Waals surface area contributed by atoms with E-state index in [2.05, 4.69) is 10.5 Å². The molecule has 0 fully saturated rings. The van der Waals surface area contributed by atoms with Crippen LogP contribution in [0.25, 0.3) is 0 Å². The molecule has 0 saturated carbocycles. The van der Waals surface area contributed by atoms with E-state index in [1.165, 1.54) is 6.07 Å². The Bertz CT molecular complexity index is 583. The number of nitrogens with one attached hydrogen (secondary N) is 1. The fourth-order valence-electron chi connectivity index (χ4n) is 1.92. The average Bonchev–Trinajstić information content (AvgIpc) is 2.72. The Kier molecular flexibility index (Phi) is 4.04. The molecule has 0 aliphatic rings. The number of halogens is 2. The smallest absolute Gasteiger partial charge is 0.142 e. The van der Waals surface area contributed by atoms with E-state index in [4.69, 9.17) is 23.2 Å². The summed E-state index contributed by atoms with van der Waals surface area (Å²) in [5, 5.41) is 4.16. The molecule has 0 bridgehead atoms. The largest absolute Gasteiger partial charge is 0.384 e. The van der Waals surface area contributed by atoms with Gasteiger partial charge in [-0.25, -0.2) is 4.39 Å². The van der Waals surface area contributed by atoms with Crippen molar-refractivity contribution in [1.82, 2.24) is 15.2 Å². The minimum absolute atomic E-state index is 0.102. The molecule has 0 spiro atoms. The van der Waals surface area contributed by atoms with Gasteiger partial charge in [-0.15, -0.1) is 0 Å². The lowest BCUT2D eigenvalue weighted by molar-refractivity contribution is 0.550. The summed E-state index contributed by atoms with van der Waals surface area (Å²) in [4.78, 5) is 0. The molecule has 0 aliphatic carbocycles. The van der Waals surface area contributed by atoms with Crippen molar-refractivity contribution in [2.45, 2.75) is 12.5 Å². The summed E-state index contributed by atoms with van der Waals surface area (Å²) in [5.74, 6) is 5.60. The van der Waals surface area contributed by atoms with Crippen LogP contribution in [0.3, 0.4) is 0 Å². The summed E-state index contributed by atoms with van der Waals surface area (Å²) in [7, 11) is 1.74. The van der Waals surface area contributed by atoms with Crippen molar-refractivity contribution in [2.24, 2.45) is 12.9 Å². The maximum Gasteiger partial charge on any atom is 0.142 e. The Labute approximate surface area is 115 Å². The second kappa shape index (κ2) is 5.56. The molecule has 19 heavy (non-hydrogen) atoms. The first-order chi connectivity index (χ1) is 9.04. The van der Waals surface area contributed by atoms with E-state index in [9.17, 15) is 4.39 Å². The first kappa shape index (κ1) is 13.8. The summed E-state index contributed by atoms with van der Waals surface area (Å²) in [6, 6.07) is 4.39. The molecule has 1 atom stereocenters. The molecule has 1 aromatic heterocycles. The fourth-order valence-corrected chi connectivity index (χ4v) is 2.12. The van der Waals surface area contributed by atoms with Crippen LogP contribution >= 0.6 is 11.6 Å². The van der Waals surface area contributed by atoms with Crippen LogP contribution in [0, 0.1) is 5.82 Å². The lowest BCUT2D eigenvalue weighted by atomic mass is 10.0. The summed E-state index contributed by atoms with van der Waals surface area (Å²) < 4.78 is 14.9. The predicted octanol–water partition coefficient (Wildman–Crippen LogP) is 1.54. The quantitative estimate of drug-likeness (QED) is 0.587. The maximum atomic E-state index is 13.4. The van der Waals surface area contributed by atoms with Gasteiger partial charge in [-0.1, -0.05) is 23.7 Å². The summed E-state index contributed by atoms with van der Waals surface area (Å²) in [6.45, 7) is 0. The van der Waals surface area contributed by atoms with Crippen LogP contribution in [-0.4, -0.2) is 9.78 Å². The van der Waals surface area contributed by atoms with E-state index in [0.29, 0.717) is 17.8 Å². The Morgan fingerprint density at radius 3 is 2.84 bits per heavy atom. The summed E-state index contributed by atoms with van der Waals surface area (Å²) in [6.07, 6.45) is 2.05. The minimum Gasteiger partial charge on any atom is -0.384 e. The van der Waals surface area contributed by atoms with Crippen molar-refractivity contribution in [3.05, 3.63) is 46.4 Å². The van der Waals surface area contributed by atoms with Gasteiger partial charge in [0.1, 0.15) is 11.6 Å². The van der Waals surface area contributed by atoms with E-state index < -0.39 is 5.82 Å². The zero-order valence-corrected chi connectivity index (χ0v) is 11.2. The van der Waals surface area contributed by atoms with Crippen LogP contribution in [0.5, 0.6) is 0 Å². The van der Waals surface area contributed by atoms with Crippen molar-refractivity contribution in [3.63, 3.8) is 0 Å². The lowest BCUT2D eigenvalue weighted by Gasteiger charge is -2.16. The normalized spacial score (nSPS) is 12.6. The highest BCUT2D eigenvalue weighted by atomic mass is 35.5. The van der Waals surface area contributed by atoms with Crippen molar-refractivity contribution in [1.29, 1.82) is 0 Å². The number of aromatic nitrogens is 2. The third kappa shape index (κ3) is 2.70. The number of anilines is 1. The van der Waals surface area contributed by atoms with Gasteiger partial charge in [-0.3, -0.25) is 16.0 Å². The highest BCUT2D eigenvalue weighted by Crippen LogP contribution is 2.27. The molecular formula is C12H15ClFN5. The molecule has 2 aromatic rings. The van der Waals surface area contributed by atoms with E-state index >= 15 is 0 Å². The standard InChI is InChI=1S/C12H15ClFN5/c1-19-12(15)8(6-17-19)10(18-16)5-7-3-2-4-9(14)11(7)13/h2-4,6,10,18H,5,15-16H2,1H3. The van der Waals surface area contributed by atoms with Gasteiger partial charge in [0, 0.05) is 12.6 Å². The number of rotatable bonds is 4. The number of nitrogens with zero attached hydrogens (tertiary/aromatic N) is 2. The molecule has 5 nitrogen and oxygen atoms in total. The van der Waals surface area contributed by atoms with E-state index in [1.54, 1.807) is 30.1 Å². The molecule has 1 aromatic carbocycles. The molecule has 0 radical (unpaired) electrons. The Balaban J connectivity index is 2.29. The van der Waals surface area contributed by atoms with Gasteiger partial charge < -0.3 is 5.73 Å². The van der Waals surface area contributed by atoms with Gasteiger partial charge >= 0.3 is 0 Å². The van der Waals surface area contributed by atoms with Gasteiger partial charge in [-0.05, 0) is 18.1 Å². The zero-order valence-electron chi connectivity index (χ0n) is 10.4. The van der Waals surface area contributed by atoms with Gasteiger partial charge in [0.2, 0.25) is 0 Å². The molecule has 7 heteroatoms. The second-order valence-corrected chi connectivity index (χ2v) is 4.62. The number of hydrogen-bond acceptors (Lipinski definition) is 4. The van der Waals surface area contributed by atoms with Gasteiger partial charge in [0.25, 0.3) is 0 Å². The van der Waals surface area contributed by atoms with Crippen molar-refractivity contribution in [3.8, 4) is 0 Å². The highest BCUT2D eigenvalue weighted by Gasteiger charge is 2.18. The SMILES string of the molecule is Cn1ncc(C(Cc2cccc(F)c2Cl)NN)c1N. The maximum absolute atomic E-state index is 13.4. The molecule has 0 amide bonds. The van der Waals surface area contributed by atoms with Gasteiger partial charge in [0.15, 0.2) is 0 Å². The van der Waals surface area contributed by atoms with Gasteiger partial charge in [-0.2, -0.15) is 5.10 Å². The monoisotopic (exact) mass is 283 g/mol. The number of hydrazine groups is 1. The van der Waals surface area contributed by atoms with Crippen molar-refractivity contribution < 1.29 is 4.39 Å². The molecular weight excluding hydrogens is 269 g/mol. The minimum atomic E-state index is -0.450. The van der Waals surface area contributed by atoms with E-state index in [1.807, 2.05) is 0 Å². The van der Waals surface area contributed by atoms with Crippen LogP contribution in [0.15, 0.2) is 24.4 Å². The van der Waals surface area contributed by atoms with E-state index in [0.717, 1.165) is 5.56 Å². The predicted molar refractivity (Wildman–Crippen MR) is 72.8 cm³/mol. The third-order valence-corrected chi connectivity index (χ3v) is 3.47. The first-order valence-corrected chi connectivity index (χ1v) is 6.08. The average molecular weight is 284 g/mol. The van der Waals surface area contributed by atoms with Gasteiger partial charge in [0.05, 0.1) is 17.3 Å². The van der Waals surface area contributed by atoms with Crippen molar-refractivity contribution in [2.75, 3.05) is 5.73 Å². The van der Waals surface area contributed by atoms with Crippen LogP contribution in [0.1, 0.15) is 17.2 Å². The topological polar surface area (TPSA) is 81.9 Å². The van der Waals surface area contributed by atoms with Crippen LogP contribution in [0.2, 0.25) is 5.02 Å². The molecule has 0 saturated heterocycles. The van der Waals surface area contributed by atoms with Crippen LogP contribution in [0.4, 0.5) is 10.2 Å². The van der Waals surface area contributed by atoms with E-state index in [-0.39, 0.29) is 11.1 Å². The fraction of sp³-hybridized carbons (Fsp3) is 0.250. The number of aryl methyl sites for hydroxylation is 1. The molecule has 5 N–H and O–H groups in total. The molecule has 2 rings (SSSR count). The molecule has 1 unspecified atom stereocenters.